The van der Waals surface area contributed by atoms with Crippen molar-refractivity contribution in [1.82, 2.24) is 9.97 Å². The standard InChI is InChI=1S/C22H24N4/c1-3-19-14-21(25-22(23-19)24-20-11-5-4-6-12-20)26-15-18-10-8-7-9-17(18)13-16(26)2/h4-12,14,16H,3,13,15H2,1-2H3,(H,23,24,25)/t16-/m0/s1. The number of aryl methyl sites for hydroxylation is 1. The molecule has 1 N–H and O–H groups in total. The number of aromatic nitrogens is 2. The Morgan fingerprint density at radius 3 is 2.50 bits per heavy atom. The first-order chi connectivity index (χ1) is 12.7. The highest BCUT2D eigenvalue weighted by atomic mass is 15.2. The molecule has 4 heteroatoms. The molecule has 0 saturated heterocycles. The topological polar surface area (TPSA) is 41.1 Å². The number of anilines is 3. The maximum Gasteiger partial charge on any atom is 0.229 e. The number of nitrogens with zero attached hydrogens (tertiary/aromatic N) is 3. The van der Waals surface area contributed by atoms with Crippen molar-refractivity contribution < 1.29 is 0 Å². The van der Waals surface area contributed by atoms with E-state index in [1.165, 1.54) is 11.1 Å². The first kappa shape index (κ1) is 16.6. The molecule has 4 rings (SSSR count). The zero-order valence-electron chi connectivity index (χ0n) is 15.3. The van der Waals surface area contributed by atoms with Gasteiger partial charge in [0.05, 0.1) is 0 Å². The van der Waals surface area contributed by atoms with Crippen LogP contribution in [0.2, 0.25) is 0 Å². The Hall–Kier alpha value is -2.88. The van der Waals surface area contributed by atoms with Gasteiger partial charge in [0.15, 0.2) is 0 Å². The van der Waals surface area contributed by atoms with Crippen LogP contribution in [0.1, 0.15) is 30.7 Å². The number of hydrogen-bond acceptors (Lipinski definition) is 4. The molecule has 0 fully saturated rings. The van der Waals surface area contributed by atoms with Crippen molar-refractivity contribution >= 4 is 17.5 Å². The van der Waals surface area contributed by atoms with Gasteiger partial charge < -0.3 is 10.2 Å². The molecule has 4 nitrogen and oxygen atoms in total. The molecule has 0 bridgehead atoms. The molecule has 2 heterocycles. The summed E-state index contributed by atoms with van der Waals surface area (Å²) in [6.07, 6.45) is 1.93. The van der Waals surface area contributed by atoms with E-state index in [9.17, 15) is 0 Å². The summed E-state index contributed by atoms with van der Waals surface area (Å²) >= 11 is 0. The number of rotatable bonds is 4. The minimum Gasteiger partial charge on any atom is -0.349 e. The summed E-state index contributed by atoms with van der Waals surface area (Å²) in [5.74, 6) is 1.66. The van der Waals surface area contributed by atoms with Gasteiger partial charge in [0, 0.05) is 30.0 Å². The molecule has 0 unspecified atom stereocenters. The van der Waals surface area contributed by atoms with Crippen LogP contribution >= 0.6 is 0 Å². The highest BCUT2D eigenvalue weighted by molar-refractivity contribution is 5.56. The van der Waals surface area contributed by atoms with Crippen molar-refractivity contribution in [2.75, 3.05) is 10.2 Å². The zero-order chi connectivity index (χ0) is 17.9. The van der Waals surface area contributed by atoms with Crippen LogP contribution in [0.25, 0.3) is 0 Å². The quantitative estimate of drug-likeness (QED) is 0.742. The fourth-order valence-electron chi connectivity index (χ4n) is 3.50. The van der Waals surface area contributed by atoms with Gasteiger partial charge in [0.2, 0.25) is 5.95 Å². The third-order valence-electron chi connectivity index (χ3n) is 4.96. The highest BCUT2D eigenvalue weighted by Gasteiger charge is 2.24. The molecule has 26 heavy (non-hydrogen) atoms. The average Bonchev–Trinajstić information content (AvgIpc) is 2.68. The summed E-state index contributed by atoms with van der Waals surface area (Å²) in [5, 5.41) is 3.34. The van der Waals surface area contributed by atoms with E-state index < -0.39 is 0 Å². The Balaban J connectivity index is 1.66. The summed E-state index contributed by atoms with van der Waals surface area (Å²) in [6.45, 7) is 5.30. The van der Waals surface area contributed by atoms with E-state index >= 15 is 0 Å². The van der Waals surface area contributed by atoms with Gasteiger partial charge in [0.25, 0.3) is 0 Å². The molecule has 1 aliphatic rings. The first-order valence-electron chi connectivity index (χ1n) is 9.26. The molecule has 0 aliphatic carbocycles. The molecule has 132 valence electrons. The molecule has 3 aromatic rings. The lowest BCUT2D eigenvalue weighted by Crippen LogP contribution is -2.39. The van der Waals surface area contributed by atoms with Crippen molar-refractivity contribution in [1.29, 1.82) is 0 Å². The SMILES string of the molecule is CCc1cc(N2Cc3ccccc3C[C@@H]2C)nc(Nc2ccccc2)n1. The molecular formula is C22H24N4. The number of hydrogen-bond donors (Lipinski definition) is 1. The molecule has 1 aliphatic heterocycles. The van der Waals surface area contributed by atoms with Gasteiger partial charge in [-0.25, -0.2) is 4.98 Å². The Morgan fingerprint density at radius 2 is 1.73 bits per heavy atom. The predicted octanol–water partition coefficient (Wildman–Crippen LogP) is 4.73. The van der Waals surface area contributed by atoms with Crippen molar-refractivity contribution in [2.45, 2.75) is 39.3 Å². The van der Waals surface area contributed by atoms with Crippen LogP contribution in [0.5, 0.6) is 0 Å². The van der Waals surface area contributed by atoms with E-state index in [1.807, 2.05) is 30.3 Å². The van der Waals surface area contributed by atoms with Crippen LogP contribution in [0.4, 0.5) is 17.5 Å². The fourth-order valence-corrected chi connectivity index (χ4v) is 3.50. The van der Waals surface area contributed by atoms with Crippen LogP contribution in [0.3, 0.4) is 0 Å². The average molecular weight is 344 g/mol. The van der Waals surface area contributed by atoms with Crippen LogP contribution in [0, 0.1) is 0 Å². The summed E-state index contributed by atoms with van der Waals surface area (Å²) < 4.78 is 0. The van der Waals surface area contributed by atoms with E-state index in [1.54, 1.807) is 0 Å². The number of para-hydroxylation sites is 1. The minimum absolute atomic E-state index is 0.411. The fraction of sp³-hybridized carbons (Fsp3) is 0.273. The lowest BCUT2D eigenvalue weighted by Gasteiger charge is -2.36. The number of nitrogens with one attached hydrogen (secondary N) is 1. The van der Waals surface area contributed by atoms with Crippen LogP contribution in [0.15, 0.2) is 60.7 Å². The summed E-state index contributed by atoms with van der Waals surface area (Å²) in [4.78, 5) is 11.9. The third-order valence-corrected chi connectivity index (χ3v) is 4.96. The number of fused-ring (bicyclic) bond motifs is 1. The zero-order valence-corrected chi connectivity index (χ0v) is 15.3. The van der Waals surface area contributed by atoms with Crippen molar-refractivity contribution in [2.24, 2.45) is 0 Å². The summed E-state index contributed by atoms with van der Waals surface area (Å²) in [7, 11) is 0. The molecule has 1 aromatic heterocycles. The van der Waals surface area contributed by atoms with Gasteiger partial charge >= 0.3 is 0 Å². The minimum atomic E-state index is 0.411. The van der Waals surface area contributed by atoms with E-state index in [0.29, 0.717) is 12.0 Å². The van der Waals surface area contributed by atoms with Crippen LogP contribution in [-0.4, -0.2) is 16.0 Å². The van der Waals surface area contributed by atoms with Crippen molar-refractivity contribution in [3.63, 3.8) is 0 Å². The number of benzene rings is 2. The van der Waals surface area contributed by atoms with E-state index in [4.69, 9.17) is 4.98 Å². The predicted molar refractivity (Wildman–Crippen MR) is 107 cm³/mol. The van der Waals surface area contributed by atoms with Gasteiger partial charge in [0.1, 0.15) is 5.82 Å². The van der Waals surface area contributed by atoms with Crippen molar-refractivity contribution in [3.05, 3.63) is 77.5 Å². The molecule has 0 spiro atoms. The summed E-state index contributed by atoms with van der Waals surface area (Å²) in [6, 6.07) is 21.3. The largest absolute Gasteiger partial charge is 0.349 e. The third kappa shape index (κ3) is 3.40. The van der Waals surface area contributed by atoms with Crippen LogP contribution in [-0.2, 0) is 19.4 Å². The second-order valence-electron chi connectivity index (χ2n) is 6.84. The van der Waals surface area contributed by atoms with Gasteiger partial charge in [-0.1, -0.05) is 49.4 Å². The molecule has 0 amide bonds. The smallest absolute Gasteiger partial charge is 0.229 e. The highest BCUT2D eigenvalue weighted by Crippen LogP contribution is 2.28. The molecular weight excluding hydrogens is 320 g/mol. The lowest BCUT2D eigenvalue weighted by atomic mass is 9.95. The maximum absolute atomic E-state index is 4.83. The second-order valence-corrected chi connectivity index (χ2v) is 6.84. The molecule has 0 saturated carbocycles. The Kier molecular flexibility index (Phi) is 4.57. The van der Waals surface area contributed by atoms with Gasteiger partial charge in [-0.2, -0.15) is 4.98 Å². The van der Waals surface area contributed by atoms with Gasteiger partial charge in [-0.3, -0.25) is 0 Å². The van der Waals surface area contributed by atoms with E-state index in [-0.39, 0.29) is 0 Å². The monoisotopic (exact) mass is 344 g/mol. The van der Waals surface area contributed by atoms with Crippen LogP contribution < -0.4 is 10.2 Å². The molecule has 2 aromatic carbocycles. The Bertz CT molecular complexity index is 892. The molecule has 0 radical (unpaired) electrons. The second kappa shape index (κ2) is 7.16. The van der Waals surface area contributed by atoms with Gasteiger partial charge in [-0.05, 0) is 43.0 Å². The lowest BCUT2D eigenvalue weighted by molar-refractivity contribution is 0.586. The van der Waals surface area contributed by atoms with E-state index in [0.717, 1.165) is 36.6 Å². The normalized spacial score (nSPS) is 16.2. The molecule has 1 atom stereocenters. The Labute approximate surface area is 154 Å². The van der Waals surface area contributed by atoms with Gasteiger partial charge in [-0.15, -0.1) is 0 Å². The first-order valence-corrected chi connectivity index (χ1v) is 9.26. The van der Waals surface area contributed by atoms with Crippen molar-refractivity contribution in [3.8, 4) is 0 Å². The Morgan fingerprint density at radius 1 is 1.00 bits per heavy atom. The maximum atomic E-state index is 4.83. The summed E-state index contributed by atoms with van der Waals surface area (Å²) in [5.41, 5.74) is 4.90. The van der Waals surface area contributed by atoms with E-state index in [2.05, 4.69) is 59.4 Å².